The summed E-state index contributed by atoms with van der Waals surface area (Å²) in [5, 5.41) is 91.3. The van der Waals surface area contributed by atoms with Crippen LogP contribution in [0.4, 0.5) is 73.0 Å². The number of anilines is 6. The van der Waals surface area contributed by atoms with Crippen LogP contribution in [0.2, 0.25) is 15.1 Å². The number of hydrogen-bond acceptors (Lipinski definition) is 16. The van der Waals surface area contributed by atoms with Crippen molar-refractivity contribution in [2.24, 2.45) is 0 Å². The van der Waals surface area contributed by atoms with Crippen LogP contribution < -0.4 is 78.0 Å². The lowest BCUT2D eigenvalue weighted by molar-refractivity contribution is -0.349. The first kappa shape index (κ1) is 105. The minimum Gasteiger partial charge on any atom is -0.619 e. The van der Waals surface area contributed by atoms with Crippen LogP contribution in [0.25, 0.3) is 0 Å². The van der Waals surface area contributed by atoms with Gasteiger partial charge in [0, 0.05) is 71.1 Å². The van der Waals surface area contributed by atoms with Crippen molar-refractivity contribution in [2.45, 2.75) is 78.1 Å². The second kappa shape index (κ2) is 55.2. The Hall–Kier alpha value is -15.6. The molecule has 0 saturated heterocycles. The van der Waals surface area contributed by atoms with E-state index in [4.69, 9.17) is 54.1 Å². The Morgan fingerprint density at radius 3 is 1.13 bits per heavy atom. The maximum absolute atomic E-state index is 13.3. The molecular formula is C103H112Cl3FN14O16. The second-order valence-corrected chi connectivity index (χ2v) is 32.6. The van der Waals surface area contributed by atoms with E-state index in [0.717, 1.165) is 93.7 Å². The fourth-order valence-electron chi connectivity index (χ4n) is 13.2. The van der Waals surface area contributed by atoms with Crippen molar-refractivity contribution in [3.63, 3.8) is 0 Å². The van der Waals surface area contributed by atoms with E-state index >= 15 is 0 Å². The van der Waals surface area contributed by atoms with Gasteiger partial charge in [0.15, 0.2) is 11.5 Å². The number of hydrogen-bond donors (Lipinski definition) is 17. The van der Waals surface area contributed by atoms with Crippen molar-refractivity contribution in [1.29, 1.82) is 0 Å². The number of halogens is 4. The third-order valence-electron chi connectivity index (χ3n) is 20.5. The molecule has 0 spiro atoms. The van der Waals surface area contributed by atoms with Crippen LogP contribution in [-0.4, -0.2) is 158 Å². The standard InChI is InChI=1S/C19H22ClN3O2.C19H22N2O4.C18H20N2O3.C16H16ClN3O3.C16H17ClN2O2.C15H15FN2O2/c1-13-4-6-14(7-5-13)10-11-21-19(25)22-17-12-15(8-9-16(17)20)18(24)23(2)3;1-24-17-12-13(7-8-16(17)22)9-10-20-19(23)21-15-6-2-4-14-5-3-11-25-18(14)15;21-15-8-6-13(7-9-15)10-11-19-18(22)20-16-5-1-3-14-4-2-12-23-17(14)16;1-20(23)12-4-7-15(14(17)10-12)19-16(22)18-9-8-11-2-5-13(21)6-3-11;1-11-2-7-15(14(17)10-11)19-16(21)18-9-8-12-3-5-13(20)6-4-12;16-13-3-1-2-4-14(13)18-15(20)17-10-9-11-5-7-12(19)8-6-11/h4-9,12H,10-11H2,1-3H3,(H2,21,22,25);2,4,6-8,12,22H,3,5,9-11H2,1H3,(H2,20,21,23);1,3,5-9,21H,2,4,10-12H2,(H2,19,20,22);2-7,10,21H,1,8-9H2,(H2,18,19,22);2-7,10,20H,8-9H2,1H3,(H2,18,19,21);1-8,19H,9-10H2,(H2,17,18,20). The minimum absolute atomic E-state index is 0.103. The molecule has 0 unspecified atom stereocenters. The van der Waals surface area contributed by atoms with Gasteiger partial charge in [-0.15, -0.1) is 0 Å². The third-order valence-corrected chi connectivity index (χ3v) is 21.5. The van der Waals surface area contributed by atoms with Gasteiger partial charge in [0.25, 0.3) is 5.91 Å². The van der Waals surface area contributed by atoms with Gasteiger partial charge in [0.2, 0.25) is 5.69 Å². The fourth-order valence-corrected chi connectivity index (χ4v) is 13.9. The van der Waals surface area contributed by atoms with E-state index in [-0.39, 0.29) is 69.5 Å². The molecule has 2 aliphatic rings. The number of carbonyl (C=O) groups excluding carboxylic acids is 7. The highest BCUT2D eigenvalue weighted by Crippen LogP contribution is 2.36. The molecule has 34 heteroatoms. The summed E-state index contributed by atoms with van der Waals surface area (Å²) in [5.74, 6) is 2.35. The Morgan fingerprint density at radius 1 is 0.394 bits per heavy atom. The molecule has 0 aromatic heterocycles. The number of benzene rings is 12. The molecule has 30 nitrogen and oxygen atoms in total. The summed E-state index contributed by atoms with van der Waals surface area (Å²) in [6.07, 6.45) is 7.98. The number of fused-ring (bicyclic) bond motifs is 2. The van der Waals surface area contributed by atoms with Crippen molar-refractivity contribution >= 4 is 123 Å². The molecule has 12 aromatic rings. The Bertz CT molecular complexity index is 6010. The first-order valence-electron chi connectivity index (χ1n) is 43.8. The molecule has 2 heterocycles. The van der Waals surface area contributed by atoms with Crippen molar-refractivity contribution in [1.82, 2.24) is 36.8 Å². The lowest BCUT2D eigenvalue weighted by Gasteiger charge is -2.20. The minimum atomic E-state index is -0.471. The van der Waals surface area contributed by atoms with Crippen molar-refractivity contribution in [2.75, 3.05) is 106 Å². The Morgan fingerprint density at radius 2 is 0.745 bits per heavy atom. The SMILES string of the molecule is C=[N+]([O-])c1ccc(NC(=O)NCCc2ccc(O)cc2)c(Cl)c1.COc1cc(CCNC(=O)Nc2cccc3c2OCCC3)ccc1O.Cc1ccc(CCNC(=O)Nc2cc(C(=O)N(C)C)ccc2Cl)cc1.Cc1ccc(NC(=O)NCCc2ccc(O)cc2)c(Cl)c1.O=C(NCCc1ccc(O)cc1)Nc1cccc2c1OCCC2.O=C(NCCc1ccc(O)cc1)Nc1ccccc1F. The summed E-state index contributed by atoms with van der Waals surface area (Å²) in [6.45, 7) is 11.4. The molecule has 0 atom stereocenters. The van der Waals surface area contributed by atoms with Crippen LogP contribution in [0.3, 0.4) is 0 Å². The van der Waals surface area contributed by atoms with Gasteiger partial charge in [-0.1, -0.05) is 162 Å². The van der Waals surface area contributed by atoms with Crippen molar-refractivity contribution in [3.05, 3.63) is 342 Å². The van der Waals surface area contributed by atoms with Crippen LogP contribution in [-0.2, 0) is 51.4 Å². The number of nitrogens with zero attached hydrogens (tertiary/aromatic N) is 2. The van der Waals surface area contributed by atoms with Gasteiger partial charge in [0.1, 0.15) is 47.0 Å². The number of aryl methyl sites for hydroxylation is 4. The average Bonchev–Trinajstić information content (AvgIpc) is 0.819. The zero-order valence-electron chi connectivity index (χ0n) is 76.3. The van der Waals surface area contributed by atoms with Gasteiger partial charge in [0.05, 0.1) is 69.5 Å². The maximum atomic E-state index is 13.3. The number of aromatic hydroxyl groups is 5. The van der Waals surface area contributed by atoms with E-state index in [9.17, 15) is 63.6 Å². The third kappa shape index (κ3) is 37.1. The van der Waals surface area contributed by atoms with Gasteiger partial charge in [-0.05, 0) is 249 Å². The van der Waals surface area contributed by atoms with Crippen LogP contribution in [0.5, 0.6) is 46.0 Å². The maximum Gasteiger partial charge on any atom is 0.319 e. The Labute approximate surface area is 809 Å². The van der Waals surface area contributed by atoms with E-state index in [1.807, 2.05) is 105 Å². The number of methoxy groups -OCH3 is 1. The van der Waals surface area contributed by atoms with Gasteiger partial charge >= 0.3 is 36.2 Å². The Kier molecular flexibility index (Phi) is 42.3. The number of nitrogens with one attached hydrogen (secondary N) is 12. The van der Waals surface area contributed by atoms with Crippen molar-refractivity contribution in [3.8, 4) is 46.0 Å². The van der Waals surface area contributed by atoms with Crippen LogP contribution in [0.15, 0.2) is 255 Å². The summed E-state index contributed by atoms with van der Waals surface area (Å²) in [4.78, 5) is 84.8. The quantitative estimate of drug-likeness (QED) is 0.00984. The molecule has 137 heavy (non-hydrogen) atoms. The van der Waals surface area contributed by atoms with E-state index in [0.29, 0.717) is 145 Å². The number of rotatable bonds is 27. The molecule has 718 valence electrons. The average molecular weight is 1930 g/mol. The lowest BCUT2D eigenvalue weighted by Crippen LogP contribution is -2.30. The first-order valence-corrected chi connectivity index (χ1v) is 44.9. The molecule has 0 fully saturated rings. The summed E-state index contributed by atoms with van der Waals surface area (Å²) in [7, 11) is 4.84. The highest BCUT2D eigenvalue weighted by Gasteiger charge is 2.20. The molecule has 2 aliphatic heterocycles. The van der Waals surface area contributed by atoms with E-state index in [1.165, 1.54) is 47.9 Å². The van der Waals surface area contributed by atoms with E-state index < -0.39 is 17.9 Å². The number of carbonyl (C=O) groups is 7. The predicted molar refractivity (Wildman–Crippen MR) is 537 cm³/mol. The number of ether oxygens (including phenoxy) is 3. The normalized spacial score (nSPS) is 11.1. The molecule has 13 amide bonds. The number of phenols is 5. The van der Waals surface area contributed by atoms with E-state index in [2.05, 4.69) is 70.5 Å². The van der Waals surface area contributed by atoms with Gasteiger partial charge < -0.3 is 114 Å². The van der Waals surface area contributed by atoms with Gasteiger partial charge in [-0.3, -0.25) is 4.79 Å². The molecule has 0 bridgehead atoms. The smallest absolute Gasteiger partial charge is 0.319 e. The topological polar surface area (TPSA) is 422 Å². The monoisotopic (exact) mass is 1920 g/mol. The van der Waals surface area contributed by atoms with Crippen molar-refractivity contribution < 1.29 is 82.4 Å². The molecule has 14 rings (SSSR count). The summed E-state index contributed by atoms with van der Waals surface area (Å²) < 4.78 is 30.2. The summed E-state index contributed by atoms with van der Waals surface area (Å²) >= 11 is 18.2. The largest absolute Gasteiger partial charge is 0.619 e. The second-order valence-electron chi connectivity index (χ2n) is 31.3. The highest BCUT2D eigenvalue weighted by molar-refractivity contribution is 6.34. The molecule has 0 aliphatic carbocycles. The molecule has 12 aromatic carbocycles. The number of urea groups is 6. The van der Waals surface area contributed by atoms with Crippen LogP contribution >= 0.6 is 34.8 Å². The van der Waals surface area contributed by atoms with Crippen LogP contribution in [0.1, 0.15) is 78.8 Å². The highest BCUT2D eigenvalue weighted by atomic mass is 35.5. The molecule has 0 saturated carbocycles. The zero-order valence-corrected chi connectivity index (χ0v) is 78.6. The number of phenolic OH excluding ortho intramolecular Hbond substituents is 5. The molecule has 0 radical (unpaired) electrons. The molecule has 17 N–H and O–H groups in total. The van der Waals surface area contributed by atoms with Gasteiger partial charge in [-0.25, -0.2) is 33.2 Å². The van der Waals surface area contributed by atoms with Crippen LogP contribution in [0, 0.1) is 24.9 Å². The van der Waals surface area contributed by atoms with E-state index in [1.54, 1.807) is 148 Å². The van der Waals surface area contributed by atoms with Gasteiger partial charge in [-0.2, -0.15) is 4.74 Å². The lowest BCUT2D eigenvalue weighted by atomic mass is 10.1. The Balaban J connectivity index is 0.000000184. The summed E-state index contributed by atoms with van der Waals surface area (Å²) in [6, 6.07) is 71.0. The summed E-state index contributed by atoms with van der Waals surface area (Å²) in [5.41, 5.74) is 14.4. The fraction of sp³-hybridized carbons (Fsp3) is 0.223. The number of para-hydroxylation sites is 3. The first-order chi connectivity index (χ1) is 65.9. The number of amides is 13. The molecular weight excluding hydrogens is 1810 g/mol. The zero-order chi connectivity index (χ0) is 98.5. The predicted octanol–water partition coefficient (Wildman–Crippen LogP) is 19.8.